The molecule has 92 valence electrons. The molecule has 0 spiro atoms. The molecule has 2 unspecified atom stereocenters. The van der Waals surface area contributed by atoms with Crippen molar-refractivity contribution in [1.82, 2.24) is 5.32 Å². The molecule has 1 aromatic rings. The fourth-order valence-electron chi connectivity index (χ4n) is 1.47. The van der Waals surface area contributed by atoms with Crippen LogP contribution < -0.4 is 11.1 Å². The third-order valence-electron chi connectivity index (χ3n) is 2.57. The number of terminal acetylenes is 1. The molecule has 0 radical (unpaired) electrons. The fourth-order valence-corrected chi connectivity index (χ4v) is 1.47. The van der Waals surface area contributed by atoms with Gasteiger partial charge in [-0.1, -0.05) is 12.1 Å². The van der Waals surface area contributed by atoms with Crippen LogP contribution in [0.15, 0.2) is 24.3 Å². The van der Waals surface area contributed by atoms with Gasteiger partial charge < -0.3 is 11.1 Å². The molecular formula is C14H15N3O. The van der Waals surface area contributed by atoms with E-state index in [-0.39, 0.29) is 18.4 Å². The van der Waals surface area contributed by atoms with Crippen molar-refractivity contribution in [3.8, 4) is 18.4 Å². The van der Waals surface area contributed by atoms with Gasteiger partial charge in [0.05, 0.1) is 23.7 Å². The Kier molecular flexibility index (Phi) is 4.92. The van der Waals surface area contributed by atoms with Crippen LogP contribution in [0.4, 0.5) is 0 Å². The van der Waals surface area contributed by atoms with Gasteiger partial charge in [-0.3, -0.25) is 4.79 Å². The zero-order valence-corrected chi connectivity index (χ0v) is 10.2. The van der Waals surface area contributed by atoms with Crippen LogP contribution in [0.5, 0.6) is 0 Å². The average molecular weight is 241 g/mol. The molecule has 18 heavy (non-hydrogen) atoms. The van der Waals surface area contributed by atoms with Crippen molar-refractivity contribution in [2.24, 2.45) is 5.73 Å². The summed E-state index contributed by atoms with van der Waals surface area (Å²) in [5.41, 5.74) is 7.10. The second-order valence-corrected chi connectivity index (χ2v) is 3.98. The van der Waals surface area contributed by atoms with Gasteiger partial charge in [0.15, 0.2) is 0 Å². The van der Waals surface area contributed by atoms with Crippen LogP contribution >= 0.6 is 0 Å². The molecule has 4 heteroatoms. The maximum atomic E-state index is 11.7. The van der Waals surface area contributed by atoms with E-state index in [1.807, 2.05) is 13.0 Å². The SMILES string of the molecule is C#CCC(N)C(=O)NC(C)c1ccc(C#N)cc1. The van der Waals surface area contributed by atoms with Crippen molar-refractivity contribution in [2.75, 3.05) is 0 Å². The lowest BCUT2D eigenvalue weighted by Crippen LogP contribution is -2.41. The van der Waals surface area contributed by atoms with Crippen LogP contribution in [0, 0.1) is 23.7 Å². The summed E-state index contributed by atoms with van der Waals surface area (Å²) in [6.07, 6.45) is 5.31. The van der Waals surface area contributed by atoms with E-state index in [1.165, 1.54) is 0 Å². The molecule has 3 N–H and O–H groups in total. The molecule has 0 fully saturated rings. The highest BCUT2D eigenvalue weighted by atomic mass is 16.2. The van der Waals surface area contributed by atoms with E-state index in [0.717, 1.165) is 5.56 Å². The van der Waals surface area contributed by atoms with Gasteiger partial charge in [-0.2, -0.15) is 5.26 Å². The zero-order valence-electron chi connectivity index (χ0n) is 10.2. The molecule has 0 aliphatic heterocycles. The Labute approximate surface area is 107 Å². The summed E-state index contributed by atoms with van der Waals surface area (Å²) < 4.78 is 0. The first-order chi connectivity index (χ1) is 8.58. The second kappa shape index (κ2) is 6.44. The normalized spacial score (nSPS) is 12.9. The number of carbonyl (C=O) groups excluding carboxylic acids is 1. The summed E-state index contributed by atoms with van der Waals surface area (Å²) >= 11 is 0. The molecule has 2 atom stereocenters. The van der Waals surface area contributed by atoms with Gasteiger partial charge in [0.1, 0.15) is 0 Å². The van der Waals surface area contributed by atoms with Gasteiger partial charge >= 0.3 is 0 Å². The van der Waals surface area contributed by atoms with Gasteiger partial charge in [0, 0.05) is 6.42 Å². The van der Waals surface area contributed by atoms with E-state index in [9.17, 15) is 4.79 Å². The summed E-state index contributed by atoms with van der Waals surface area (Å²) in [6.45, 7) is 1.85. The molecule has 4 nitrogen and oxygen atoms in total. The fraction of sp³-hybridized carbons (Fsp3) is 0.286. The molecule has 1 amide bonds. The summed E-state index contributed by atoms with van der Waals surface area (Å²) in [7, 11) is 0. The number of nitrogens with two attached hydrogens (primary N) is 1. The van der Waals surface area contributed by atoms with Gasteiger partial charge in [-0.25, -0.2) is 0 Å². The van der Waals surface area contributed by atoms with E-state index in [2.05, 4.69) is 11.2 Å². The third kappa shape index (κ3) is 3.62. The Balaban J connectivity index is 2.65. The number of nitrogens with zero attached hydrogens (tertiary/aromatic N) is 1. The minimum absolute atomic E-state index is 0.172. The number of amides is 1. The number of hydrogen-bond donors (Lipinski definition) is 2. The standard InChI is InChI=1S/C14H15N3O/c1-3-4-13(16)14(18)17-10(2)12-7-5-11(9-15)6-8-12/h1,5-8,10,13H,4,16H2,2H3,(H,17,18). The lowest BCUT2D eigenvalue weighted by molar-refractivity contribution is -0.122. The van der Waals surface area contributed by atoms with Crippen LogP contribution in [-0.2, 0) is 4.79 Å². The smallest absolute Gasteiger partial charge is 0.238 e. The number of hydrogen-bond acceptors (Lipinski definition) is 3. The predicted molar refractivity (Wildman–Crippen MR) is 69.1 cm³/mol. The minimum atomic E-state index is -0.684. The molecule has 0 aromatic heterocycles. The van der Waals surface area contributed by atoms with Crippen molar-refractivity contribution in [2.45, 2.75) is 25.4 Å². The molecule has 0 bridgehead atoms. The first-order valence-electron chi connectivity index (χ1n) is 5.58. The summed E-state index contributed by atoms with van der Waals surface area (Å²) in [5, 5.41) is 11.5. The van der Waals surface area contributed by atoms with Crippen molar-refractivity contribution >= 4 is 5.91 Å². The highest BCUT2D eigenvalue weighted by Crippen LogP contribution is 2.13. The quantitative estimate of drug-likeness (QED) is 0.774. The van der Waals surface area contributed by atoms with Crippen LogP contribution in [0.1, 0.15) is 30.5 Å². The number of rotatable bonds is 4. The third-order valence-corrected chi connectivity index (χ3v) is 2.57. The second-order valence-electron chi connectivity index (χ2n) is 3.98. The average Bonchev–Trinajstić information content (AvgIpc) is 2.39. The highest BCUT2D eigenvalue weighted by Gasteiger charge is 2.15. The van der Waals surface area contributed by atoms with Crippen molar-refractivity contribution in [3.63, 3.8) is 0 Å². The maximum Gasteiger partial charge on any atom is 0.238 e. The van der Waals surface area contributed by atoms with E-state index in [4.69, 9.17) is 17.4 Å². The van der Waals surface area contributed by atoms with Crippen molar-refractivity contribution in [3.05, 3.63) is 35.4 Å². The predicted octanol–water partition coefficient (Wildman–Crippen LogP) is 1.09. The number of carbonyl (C=O) groups is 1. The topological polar surface area (TPSA) is 78.9 Å². The first-order valence-corrected chi connectivity index (χ1v) is 5.58. The monoisotopic (exact) mass is 241 g/mol. The van der Waals surface area contributed by atoms with E-state index < -0.39 is 6.04 Å². The van der Waals surface area contributed by atoms with Crippen LogP contribution in [-0.4, -0.2) is 11.9 Å². The Morgan fingerprint density at radius 2 is 2.11 bits per heavy atom. The summed E-state index contributed by atoms with van der Waals surface area (Å²) in [5.74, 6) is 2.08. The van der Waals surface area contributed by atoms with Crippen LogP contribution in [0.3, 0.4) is 0 Å². The lowest BCUT2D eigenvalue weighted by atomic mass is 10.1. The Hall–Kier alpha value is -2.30. The Bertz CT molecular complexity index is 493. The molecule has 0 saturated heterocycles. The lowest BCUT2D eigenvalue weighted by Gasteiger charge is -2.16. The van der Waals surface area contributed by atoms with Gasteiger partial charge in [0.2, 0.25) is 5.91 Å². The number of nitriles is 1. The largest absolute Gasteiger partial charge is 0.348 e. The minimum Gasteiger partial charge on any atom is -0.348 e. The molecular weight excluding hydrogens is 226 g/mol. The summed E-state index contributed by atoms with van der Waals surface area (Å²) in [4.78, 5) is 11.7. The van der Waals surface area contributed by atoms with Crippen LogP contribution in [0.2, 0.25) is 0 Å². The number of benzene rings is 1. The Morgan fingerprint density at radius 1 is 1.50 bits per heavy atom. The van der Waals surface area contributed by atoms with Crippen molar-refractivity contribution < 1.29 is 4.79 Å². The summed E-state index contributed by atoms with van der Waals surface area (Å²) in [6, 6.07) is 8.20. The van der Waals surface area contributed by atoms with Crippen molar-refractivity contribution in [1.29, 1.82) is 5.26 Å². The van der Waals surface area contributed by atoms with Gasteiger partial charge in [-0.15, -0.1) is 12.3 Å². The van der Waals surface area contributed by atoms with E-state index in [0.29, 0.717) is 5.56 Å². The Morgan fingerprint density at radius 3 is 2.61 bits per heavy atom. The number of nitrogens with one attached hydrogen (secondary N) is 1. The molecule has 0 aliphatic carbocycles. The van der Waals surface area contributed by atoms with E-state index >= 15 is 0 Å². The van der Waals surface area contributed by atoms with Gasteiger partial charge in [0.25, 0.3) is 0 Å². The first kappa shape index (κ1) is 13.8. The molecule has 0 saturated carbocycles. The van der Waals surface area contributed by atoms with Gasteiger partial charge in [-0.05, 0) is 24.6 Å². The molecule has 1 aromatic carbocycles. The maximum absolute atomic E-state index is 11.7. The zero-order chi connectivity index (χ0) is 13.5. The molecule has 0 aliphatic rings. The molecule has 1 rings (SSSR count). The highest BCUT2D eigenvalue weighted by molar-refractivity contribution is 5.82. The van der Waals surface area contributed by atoms with Crippen LogP contribution in [0.25, 0.3) is 0 Å². The van der Waals surface area contributed by atoms with E-state index in [1.54, 1.807) is 24.3 Å². The molecule has 0 heterocycles.